The van der Waals surface area contributed by atoms with Crippen molar-refractivity contribution in [3.05, 3.63) is 36.4 Å². The molecule has 2 aromatic rings. The maximum atomic E-state index is 12.3. The molecule has 28 heavy (non-hydrogen) atoms. The zero-order valence-corrected chi connectivity index (χ0v) is 16.7. The van der Waals surface area contributed by atoms with Gasteiger partial charge in [0.25, 0.3) is 0 Å². The molecule has 7 nitrogen and oxygen atoms in total. The number of rotatable bonds is 10. The van der Waals surface area contributed by atoms with Crippen molar-refractivity contribution >= 4 is 6.16 Å². The van der Waals surface area contributed by atoms with Crippen LogP contribution in [0.1, 0.15) is 27.7 Å². The highest BCUT2D eigenvalue weighted by Gasteiger charge is 2.17. The molecule has 0 aromatic heterocycles. The highest BCUT2D eigenvalue weighted by atomic mass is 16.7. The average molecular weight is 390 g/mol. The molecule has 0 spiro atoms. The first-order valence-electron chi connectivity index (χ1n) is 9.30. The van der Waals surface area contributed by atoms with Crippen LogP contribution in [0.5, 0.6) is 34.5 Å². The third-order valence-corrected chi connectivity index (χ3v) is 3.44. The van der Waals surface area contributed by atoms with E-state index in [0.717, 1.165) is 0 Å². The molecule has 0 saturated carbocycles. The van der Waals surface area contributed by atoms with Crippen molar-refractivity contribution in [2.75, 3.05) is 26.4 Å². The zero-order valence-electron chi connectivity index (χ0n) is 16.7. The molecule has 2 aromatic carbocycles. The lowest BCUT2D eigenvalue weighted by molar-refractivity contribution is 0.147. The summed E-state index contributed by atoms with van der Waals surface area (Å²) >= 11 is 0. The Hall–Kier alpha value is -3.09. The van der Waals surface area contributed by atoms with Crippen molar-refractivity contribution in [3.63, 3.8) is 0 Å². The van der Waals surface area contributed by atoms with Crippen LogP contribution in [0, 0.1) is 0 Å². The summed E-state index contributed by atoms with van der Waals surface area (Å²) in [5, 5.41) is 0. The Morgan fingerprint density at radius 3 is 1.36 bits per heavy atom. The molecule has 0 amide bonds. The number of hydrogen-bond donors (Lipinski definition) is 0. The summed E-state index contributed by atoms with van der Waals surface area (Å²) in [6.07, 6.45) is -0.907. The summed E-state index contributed by atoms with van der Waals surface area (Å²) in [5.41, 5.74) is 0. The van der Waals surface area contributed by atoms with Gasteiger partial charge in [-0.05, 0) is 52.0 Å². The number of ether oxygens (including phenoxy) is 6. The summed E-state index contributed by atoms with van der Waals surface area (Å²) < 4.78 is 32.6. The van der Waals surface area contributed by atoms with Crippen molar-refractivity contribution in [2.24, 2.45) is 0 Å². The van der Waals surface area contributed by atoms with Crippen molar-refractivity contribution < 1.29 is 33.2 Å². The van der Waals surface area contributed by atoms with E-state index in [9.17, 15) is 4.79 Å². The third-order valence-electron chi connectivity index (χ3n) is 3.44. The van der Waals surface area contributed by atoms with Crippen LogP contribution in [0.3, 0.4) is 0 Å². The fraction of sp³-hybridized carbons (Fsp3) is 0.381. The van der Waals surface area contributed by atoms with Gasteiger partial charge in [0, 0.05) is 12.1 Å². The predicted molar refractivity (Wildman–Crippen MR) is 104 cm³/mol. The molecular formula is C21H26O7. The largest absolute Gasteiger partial charge is 0.519 e. The van der Waals surface area contributed by atoms with E-state index in [2.05, 4.69) is 0 Å². The van der Waals surface area contributed by atoms with Gasteiger partial charge in [-0.3, -0.25) is 0 Å². The van der Waals surface area contributed by atoms with E-state index in [1.807, 2.05) is 27.7 Å². The van der Waals surface area contributed by atoms with Gasteiger partial charge in [-0.2, -0.15) is 0 Å². The van der Waals surface area contributed by atoms with Crippen LogP contribution in [-0.4, -0.2) is 32.6 Å². The lowest BCUT2D eigenvalue weighted by Gasteiger charge is -2.14. The maximum absolute atomic E-state index is 12.3. The summed E-state index contributed by atoms with van der Waals surface area (Å²) in [5.74, 6) is 2.50. The van der Waals surface area contributed by atoms with Gasteiger partial charge in [0.15, 0.2) is 23.0 Å². The summed E-state index contributed by atoms with van der Waals surface area (Å²) in [7, 11) is 0. The molecule has 0 unspecified atom stereocenters. The van der Waals surface area contributed by atoms with Gasteiger partial charge in [0.1, 0.15) is 11.5 Å². The predicted octanol–water partition coefficient (Wildman–Crippen LogP) is 4.86. The molecule has 0 saturated heterocycles. The molecule has 2 rings (SSSR count). The van der Waals surface area contributed by atoms with Crippen LogP contribution in [0.2, 0.25) is 0 Å². The Morgan fingerprint density at radius 2 is 1.00 bits per heavy atom. The molecule has 0 radical (unpaired) electrons. The zero-order chi connectivity index (χ0) is 20.4. The van der Waals surface area contributed by atoms with Crippen molar-refractivity contribution in [2.45, 2.75) is 27.7 Å². The molecular weight excluding hydrogens is 364 g/mol. The second-order valence-electron chi connectivity index (χ2n) is 5.40. The Labute approximate surface area is 165 Å². The number of hydrogen-bond acceptors (Lipinski definition) is 7. The van der Waals surface area contributed by atoms with Gasteiger partial charge in [-0.1, -0.05) is 0 Å². The van der Waals surface area contributed by atoms with Crippen LogP contribution < -0.4 is 28.4 Å². The minimum Gasteiger partial charge on any atom is -0.494 e. The SMILES string of the molecule is CCOc1ccc(OC(=O)Oc2ccc(OCC)cc2OCC)c(OCC)c1. The molecule has 0 fully saturated rings. The van der Waals surface area contributed by atoms with Gasteiger partial charge in [-0.15, -0.1) is 0 Å². The molecule has 0 aliphatic heterocycles. The minimum absolute atomic E-state index is 0.235. The Balaban J connectivity index is 2.15. The van der Waals surface area contributed by atoms with Crippen molar-refractivity contribution in [1.29, 1.82) is 0 Å². The topological polar surface area (TPSA) is 72.5 Å². The number of benzene rings is 2. The third kappa shape index (κ3) is 5.97. The lowest BCUT2D eigenvalue weighted by Crippen LogP contribution is -2.15. The fourth-order valence-electron chi connectivity index (χ4n) is 2.40. The van der Waals surface area contributed by atoms with Crippen LogP contribution in [0.4, 0.5) is 4.79 Å². The van der Waals surface area contributed by atoms with E-state index in [-0.39, 0.29) is 11.5 Å². The van der Waals surface area contributed by atoms with E-state index in [1.165, 1.54) is 0 Å². The first kappa shape index (κ1) is 21.2. The summed E-state index contributed by atoms with van der Waals surface area (Å²) in [6.45, 7) is 9.30. The molecule has 0 aliphatic rings. The first-order chi connectivity index (χ1) is 13.6. The molecule has 0 heterocycles. The molecule has 0 N–H and O–H groups in total. The van der Waals surface area contributed by atoms with Gasteiger partial charge in [0.2, 0.25) is 0 Å². The maximum Gasteiger partial charge on any atom is 0.519 e. The molecule has 7 heteroatoms. The highest BCUT2D eigenvalue weighted by Crippen LogP contribution is 2.34. The van der Waals surface area contributed by atoms with E-state index in [1.54, 1.807) is 36.4 Å². The number of carbonyl (C=O) groups is 1. The normalized spacial score (nSPS) is 10.1. The monoisotopic (exact) mass is 390 g/mol. The summed E-state index contributed by atoms with van der Waals surface area (Å²) in [4.78, 5) is 12.3. The van der Waals surface area contributed by atoms with E-state index >= 15 is 0 Å². The van der Waals surface area contributed by atoms with Gasteiger partial charge in [-0.25, -0.2) is 4.79 Å². The second kappa shape index (κ2) is 10.9. The Morgan fingerprint density at radius 1 is 0.607 bits per heavy atom. The fourth-order valence-corrected chi connectivity index (χ4v) is 2.40. The van der Waals surface area contributed by atoms with Gasteiger partial charge >= 0.3 is 6.16 Å². The molecule has 0 aliphatic carbocycles. The first-order valence-corrected chi connectivity index (χ1v) is 9.30. The average Bonchev–Trinajstić information content (AvgIpc) is 2.67. The molecule has 0 bridgehead atoms. The minimum atomic E-state index is -0.907. The standard InChI is InChI=1S/C21H26O7/c1-5-23-15-9-11-17(19(13-15)25-7-3)27-21(22)28-18-12-10-16(24-6-2)14-20(18)26-8-4/h9-14H,5-8H2,1-4H3. The van der Waals surface area contributed by atoms with Crippen LogP contribution in [0.25, 0.3) is 0 Å². The van der Waals surface area contributed by atoms with E-state index < -0.39 is 6.16 Å². The van der Waals surface area contributed by atoms with E-state index in [0.29, 0.717) is 49.4 Å². The molecule has 0 atom stereocenters. The Kier molecular flexibility index (Phi) is 8.27. The lowest BCUT2D eigenvalue weighted by atomic mass is 10.3. The van der Waals surface area contributed by atoms with Crippen LogP contribution in [0.15, 0.2) is 36.4 Å². The molecule has 152 valence electrons. The van der Waals surface area contributed by atoms with Crippen molar-refractivity contribution in [1.82, 2.24) is 0 Å². The van der Waals surface area contributed by atoms with Crippen LogP contribution >= 0.6 is 0 Å². The highest BCUT2D eigenvalue weighted by molar-refractivity contribution is 5.70. The second-order valence-corrected chi connectivity index (χ2v) is 5.40. The van der Waals surface area contributed by atoms with Gasteiger partial charge in [0.05, 0.1) is 26.4 Å². The quantitative estimate of drug-likeness (QED) is 0.424. The summed E-state index contributed by atoms with van der Waals surface area (Å²) in [6, 6.07) is 9.91. The Bertz CT molecular complexity index is 710. The van der Waals surface area contributed by atoms with E-state index in [4.69, 9.17) is 28.4 Å². The van der Waals surface area contributed by atoms with Crippen LogP contribution in [-0.2, 0) is 0 Å². The van der Waals surface area contributed by atoms with Gasteiger partial charge < -0.3 is 28.4 Å². The van der Waals surface area contributed by atoms with Crippen molar-refractivity contribution in [3.8, 4) is 34.5 Å². The smallest absolute Gasteiger partial charge is 0.494 e. The number of carbonyl (C=O) groups excluding carboxylic acids is 1.